The van der Waals surface area contributed by atoms with E-state index in [2.05, 4.69) is 13.8 Å². The van der Waals surface area contributed by atoms with Gasteiger partial charge in [-0.3, -0.25) is 0 Å². The Balaban J connectivity index is 0.00000127. The normalized spacial score (nSPS) is 15.9. The van der Waals surface area contributed by atoms with Gasteiger partial charge in [0.2, 0.25) is 11.4 Å². The molecule has 2 aliphatic heterocycles. The topological polar surface area (TPSA) is 7.76 Å². The van der Waals surface area contributed by atoms with Crippen molar-refractivity contribution in [1.29, 1.82) is 0 Å². The molecule has 9 rings (SSSR count). The van der Waals surface area contributed by atoms with Crippen LogP contribution in [0.25, 0.3) is 22.5 Å². The van der Waals surface area contributed by atoms with Crippen LogP contribution in [0, 0.1) is 128 Å². The molecule has 0 amide bonds. The van der Waals surface area contributed by atoms with Crippen molar-refractivity contribution in [3.63, 3.8) is 0 Å². The third-order valence-corrected chi connectivity index (χ3v) is 15.3. The molecule has 0 bridgehead atoms. The molecule has 2 atom stereocenters. The van der Waals surface area contributed by atoms with Crippen molar-refractivity contribution >= 4 is 34.4 Å². The van der Waals surface area contributed by atoms with Gasteiger partial charge in [0, 0.05) is 11.1 Å². The molecule has 0 fully saturated rings. The standard InChI is InChI=1S/C48H26B2F20N2.C6H14/c1-15(2)23-19-11-7-5-9-17(19)21-14-72-22(13-71(21)49(23,25-29(51)37(59)45(67)38(60)30(25)52)26-31(53)39(61)46(68)40(62)32(26)54)18-10-6-8-12-20(18)24(16(3)4)50(72,27-33(55)41(63)47(69)42(64)34(27)56)28-35(57)43(65)48(70)44(66)36(28)58;1-3-5-6-4-2/h5-16,23-24H,1-4H3;3-6H2,1-2H3/t23-,24+;. The Hall–Kier alpha value is -6.87. The largest absolute Gasteiger partial charge is 0.401 e. The van der Waals surface area contributed by atoms with Gasteiger partial charge in [0.15, 0.2) is 82.2 Å². The van der Waals surface area contributed by atoms with Gasteiger partial charge in [0.05, 0.1) is 0 Å². The number of fused-ring (bicyclic) bond motifs is 6. The summed E-state index contributed by atoms with van der Waals surface area (Å²) in [4.78, 5) is 0. The van der Waals surface area contributed by atoms with Gasteiger partial charge in [-0.1, -0.05) is 160 Å². The van der Waals surface area contributed by atoms with E-state index in [-0.39, 0.29) is 0 Å². The highest BCUT2D eigenvalue weighted by Crippen LogP contribution is 2.47. The molecule has 0 saturated heterocycles. The summed E-state index contributed by atoms with van der Waals surface area (Å²) in [6.07, 6.45) is -4.17. The fraction of sp³-hybridized carbons (Fsp3) is 0.259. The Morgan fingerprint density at radius 2 is 0.538 bits per heavy atom. The van der Waals surface area contributed by atoms with Crippen LogP contribution in [0.1, 0.15) is 90.0 Å². The molecule has 0 spiro atoms. The Morgan fingerprint density at radius 3 is 0.744 bits per heavy atom. The monoisotopic (exact) mass is 1120 g/mol. The first kappa shape index (κ1) is 57.3. The van der Waals surface area contributed by atoms with Gasteiger partial charge in [-0.2, -0.15) is 0 Å². The Morgan fingerprint density at radius 1 is 0.333 bits per heavy atom. The lowest BCUT2D eigenvalue weighted by atomic mass is 9.17. The predicted octanol–water partition coefficient (Wildman–Crippen LogP) is 12.8. The van der Waals surface area contributed by atoms with E-state index in [0.29, 0.717) is 21.3 Å². The first-order chi connectivity index (χ1) is 36.7. The van der Waals surface area contributed by atoms with Gasteiger partial charge in [0.1, 0.15) is 46.5 Å². The van der Waals surface area contributed by atoms with Crippen molar-refractivity contribution in [2.45, 2.75) is 78.9 Å². The number of hydrogen-bond donors (Lipinski definition) is 0. The summed E-state index contributed by atoms with van der Waals surface area (Å²) in [7, 11) is 0. The fourth-order valence-electron chi connectivity index (χ4n) is 12.5. The second-order valence-electron chi connectivity index (χ2n) is 20.0. The van der Waals surface area contributed by atoms with Gasteiger partial charge in [-0.05, 0) is 12.1 Å². The predicted molar refractivity (Wildman–Crippen MR) is 248 cm³/mol. The van der Waals surface area contributed by atoms with Gasteiger partial charge >= 0.3 is 12.6 Å². The lowest BCUT2D eigenvalue weighted by Gasteiger charge is -2.51. The molecule has 0 radical (unpaired) electrons. The average molecular weight is 1120 g/mol. The highest BCUT2D eigenvalue weighted by atomic mass is 19.2. The Kier molecular flexibility index (Phi) is 15.2. The third kappa shape index (κ3) is 7.85. The van der Waals surface area contributed by atoms with Crippen molar-refractivity contribution in [2.75, 3.05) is 0 Å². The van der Waals surface area contributed by atoms with Crippen LogP contribution in [0.2, 0.25) is 0 Å². The first-order valence-corrected chi connectivity index (χ1v) is 24.3. The smallest absolute Gasteiger partial charge is 0.352 e. The molecule has 3 heterocycles. The SMILES string of the molecule is CC(C)[C@H]1c2ccccc2-c2c[n+]3c(c[n+]2[B-]1(c1c(F)c(F)c(F)c(F)c1F)c1c(F)c(F)c(F)c(F)c1F)-c1ccccc1[C@@H](C(C)C)[B-]3(c1c(F)c(F)c(F)c(F)c1F)c1c(F)c(F)c(F)c(F)c1F.CCCCCC. The van der Waals surface area contributed by atoms with Gasteiger partial charge in [-0.25, -0.2) is 87.8 Å². The van der Waals surface area contributed by atoms with Crippen molar-refractivity contribution in [1.82, 2.24) is 0 Å². The Bertz CT molecular complexity index is 3130. The molecule has 24 heteroatoms. The highest BCUT2D eigenvalue weighted by Gasteiger charge is 2.65. The van der Waals surface area contributed by atoms with E-state index in [1.807, 2.05) is 0 Å². The van der Waals surface area contributed by atoms with Crippen LogP contribution in [-0.4, -0.2) is 12.6 Å². The molecule has 2 nitrogen and oxygen atoms in total. The van der Waals surface area contributed by atoms with Crippen molar-refractivity contribution < 1.29 is 96.8 Å². The van der Waals surface area contributed by atoms with Crippen LogP contribution in [0.15, 0.2) is 60.9 Å². The quantitative estimate of drug-likeness (QED) is 0.0447. The summed E-state index contributed by atoms with van der Waals surface area (Å²) in [5.41, 5.74) is -13.0. The molecule has 78 heavy (non-hydrogen) atoms. The van der Waals surface area contributed by atoms with E-state index in [4.69, 9.17) is 0 Å². The summed E-state index contributed by atoms with van der Waals surface area (Å²) < 4.78 is 324. The number of hydrogen-bond acceptors (Lipinski definition) is 0. The molecule has 0 N–H and O–H groups in total. The maximum atomic E-state index is 17.0. The number of halogens is 20. The molecule has 6 aromatic carbocycles. The molecule has 7 aromatic rings. The average Bonchev–Trinajstić information content (AvgIpc) is 3.55. The number of aromatic nitrogens is 2. The maximum absolute atomic E-state index is 17.0. The van der Waals surface area contributed by atoms with Gasteiger partial charge < -0.3 is 8.96 Å². The summed E-state index contributed by atoms with van der Waals surface area (Å²) >= 11 is 0. The van der Waals surface area contributed by atoms with Gasteiger partial charge in [-0.15, -0.1) is 0 Å². The molecule has 1 aromatic heterocycles. The number of rotatable bonds is 9. The molecular weight excluding hydrogens is 1080 g/mol. The second kappa shape index (κ2) is 20.7. The van der Waals surface area contributed by atoms with E-state index in [9.17, 15) is 0 Å². The Labute approximate surface area is 431 Å². The molecule has 0 saturated carbocycles. The number of nitrogens with zero attached hydrogens (tertiary/aromatic N) is 2. The van der Waals surface area contributed by atoms with E-state index < -0.39 is 208 Å². The van der Waals surface area contributed by atoms with E-state index in [1.165, 1.54) is 25.7 Å². The lowest BCUT2D eigenvalue weighted by molar-refractivity contribution is -0.591. The van der Waals surface area contributed by atoms with Crippen LogP contribution < -0.4 is 30.8 Å². The minimum atomic E-state index is -5.24. The summed E-state index contributed by atoms with van der Waals surface area (Å²) in [5.74, 6) is -64.8. The van der Waals surface area contributed by atoms with Crippen LogP contribution in [0.5, 0.6) is 0 Å². The fourth-order valence-corrected chi connectivity index (χ4v) is 12.5. The molecule has 2 aliphatic rings. The second-order valence-corrected chi connectivity index (χ2v) is 20.0. The summed E-state index contributed by atoms with van der Waals surface area (Å²) in [6, 6.07) is 8.58. The van der Waals surface area contributed by atoms with Crippen molar-refractivity contribution in [2.24, 2.45) is 11.8 Å². The molecular formula is C54H40B2F20N2. The van der Waals surface area contributed by atoms with E-state index >= 15 is 87.8 Å². The van der Waals surface area contributed by atoms with Crippen LogP contribution in [-0.2, 0) is 0 Å². The van der Waals surface area contributed by atoms with E-state index in [0.717, 1.165) is 76.2 Å². The third-order valence-electron chi connectivity index (χ3n) is 15.3. The van der Waals surface area contributed by atoms with Crippen LogP contribution in [0.3, 0.4) is 0 Å². The van der Waals surface area contributed by atoms with Crippen molar-refractivity contribution in [3.05, 3.63) is 188 Å². The van der Waals surface area contributed by atoms with Crippen molar-refractivity contribution in [3.8, 4) is 22.5 Å². The molecule has 0 unspecified atom stereocenters. The zero-order valence-electron chi connectivity index (χ0n) is 41.5. The first-order valence-electron chi connectivity index (χ1n) is 24.3. The number of unbranched alkanes of at least 4 members (excludes halogenated alkanes) is 3. The highest BCUT2D eigenvalue weighted by molar-refractivity contribution is 6.98. The number of benzene rings is 6. The van der Waals surface area contributed by atoms with Crippen LogP contribution >= 0.6 is 0 Å². The molecule has 412 valence electrons. The zero-order chi connectivity index (χ0) is 57.7. The van der Waals surface area contributed by atoms with Crippen LogP contribution in [0.4, 0.5) is 87.8 Å². The summed E-state index contributed by atoms with van der Waals surface area (Å²) in [6.45, 7) is 9.01. The van der Waals surface area contributed by atoms with E-state index in [1.54, 1.807) is 0 Å². The molecule has 0 aliphatic carbocycles. The lowest BCUT2D eigenvalue weighted by Crippen LogP contribution is -2.89. The minimum absolute atomic E-state index is 0.291. The summed E-state index contributed by atoms with van der Waals surface area (Å²) in [5, 5.41) is 0. The zero-order valence-corrected chi connectivity index (χ0v) is 41.5. The maximum Gasteiger partial charge on any atom is 0.352 e. The minimum Gasteiger partial charge on any atom is -0.401 e. The van der Waals surface area contributed by atoms with Gasteiger partial charge in [0.25, 0.3) is 0 Å².